The summed E-state index contributed by atoms with van der Waals surface area (Å²) in [7, 11) is 0. The minimum absolute atomic E-state index is 0.00698. The van der Waals surface area contributed by atoms with Crippen LogP contribution < -0.4 is 0 Å². The van der Waals surface area contributed by atoms with Crippen molar-refractivity contribution in [2.45, 2.75) is 26.8 Å². The van der Waals surface area contributed by atoms with Gasteiger partial charge in [-0.05, 0) is 36.2 Å². The molecule has 0 aliphatic carbocycles. The molecule has 0 unspecified atom stereocenters. The number of halogens is 2. The Labute approximate surface area is 149 Å². The number of hydrogen-bond donors (Lipinski definition) is 1. The van der Waals surface area contributed by atoms with E-state index in [1.807, 2.05) is 13.8 Å². The fraction of sp³-hybridized carbons (Fsp3) is 0.263. The zero-order valence-electron chi connectivity index (χ0n) is 14.0. The quantitative estimate of drug-likeness (QED) is 0.709. The predicted molar refractivity (Wildman–Crippen MR) is 96.3 cm³/mol. The molecule has 0 amide bonds. The number of phenols is 1. The number of rotatable bonds is 5. The van der Waals surface area contributed by atoms with E-state index in [-0.39, 0.29) is 29.0 Å². The molecule has 0 fully saturated rings. The Hall–Kier alpha value is -2.40. The third-order valence-corrected chi connectivity index (χ3v) is 4.17. The first-order chi connectivity index (χ1) is 11.8. The van der Waals surface area contributed by atoms with Crippen LogP contribution in [0.2, 0.25) is 5.02 Å². The Bertz CT molecular complexity index is 950. The molecule has 1 N–H and O–H groups in total. The van der Waals surface area contributed by atoms with Crippen molar-refractivity contribution in [3.8, 4) is 17.1 Å². The maximum absolute atomic E-state index is 13.5. The van der Waals surface area contributed by atoms with Crippen LogP contribution in [0.25, 0.3) is 22.4 Å². The van der Waals surface area contributed by atoms with Gasteiger partial charge >= 0.3 is 0 Å². The van der Waals surface area contributed by atoms with E-state index in [0.717, 1.165) is 0 Å². The normalized spacial score (nSPS) is 11.4. The first-order valence-corrected chi connectivity index (χ1v) is 8.39. The molecule has 3 rings (SSSR count). The second-order valence-electron chi connectivity index (χ2n) is 6.46. The summed E-state index contributed by atoms with van der Waals surface area (Å²) >= 11 is 5.90. The molecule has 3 aromatic rings. The Morgan fingerprint density at radius 1 is 1.28 bits per heavy atom. The number of ketones is 1. The third-order valence-electron chi connectivity index (χ3n) is 3.88. The highest BCUT2D eigenvalue weighted by Crippen LogP contribution is 2.29. The summed E-state index contributed by atoms with van der Waals surface area (Å²) in [5.41, 5.74) is 1.90. The largest absolute Gasteiger partial charge is 0.508 e. The fourth-order valence-electron chi connectivity index (χ4n) is 2.82. The van der Waals surface area contributed by atoms with Gasteiger partial charge in [-0.2, -0.15) is 0 Å². The first-order valence-electron chi connectivity index (χ1n) is 8.01. The van der Waals surface area contributed by atoms with E-state index < -0.39 is 5.82 Å². The molecular weight excluding hydrogens is 343 g/mol. The van der Waals surface area contributed by atoms with E-state index in [9.17, 15) is 14.3 Å². The lowest BCUT2D eigenvalue weighted by molar-refractivity contribution is -0.120. The van der Waals surface area contributed by atoms with Crippen molar-refractivity contribution < 1.29 is 14.3 Å². The van der Waals surface area contributed by atoms with E-state index in [4.69, 9.17) is 11.6 Å². The molecule has 0 atom stereocenters. The molecule has 4 nitrogen and oxygen atoms in total. The number of aromatic hydroxyl groups is 1. The molecule has 1 heterocycles. The Kier molecular flexibility index (Phi) is 4.77. The monoisotopic (exact) mass is 360 g/mol. The molecule has 1 aromatic heterocycles. The van der Waals surface area contributed by atoms with Crippen molar-refractivity contribution in [1.29, 1.82) is 0 Å². The van der Waals surface area contributed by atoms with Crippen LogP contribution >= 0.6 is 11.6 Å². The van der Waals surface area contributed by atoms with Crippen LogP contribution in [0.3, 0.4) is 0 Å². The summed E-state index contributed by atoms with van der Waals surface area (Å²) < 4.78 is 15.2. The van der Waals surface area contributed by atoms with Crippen molar-refractivity contribution in [2.24, 2.45) is 5.92 Å². The van der Waals surface area contributed by atoms with Gasteiger partial charge in [-0.3, -0.25) is 4.79 Å². The van der Waals surface area contributed by atoms with E-state index in [1.54, 1.807) is 22.8 Å². The third kappa shape index (κ3) is 3.66. The lowest BCUT2D eigenvalue weighted by atomic mass is 10.1. The second kappa shape index (κ2) is 6.84. The summed E-state index contributed by atoms with van der Waals surface area (Å²) in [6.45, 7) is 4.09. The molecule has 130 valence electrons. The number of benzene rings is 2. The van der Waals surface area contributed by atoms with Gasteiger partial charge < -0.3 is 9.67 Å². The Morgan fingerprint density at radius 3 is 2.72 bits per heavy atom. The molecule has 0 aliphatic heterocycles. The number of aromatic nitrogens is 2. The number of Topliss-reactive ketones (excluding diaryl/α,β-unsaturated/α-hetero) is 1. The minimum Gasteiger partial charge on any atom is -0.508 e. The first kappa shape index (κ1) is 17.4. The number of fused-ring (bicyclic) bond motifs is 1. The molecule has 0 saturated carbocycles. The van der Waals surface area contributed by atoms with E-state index in [2.05, 4.69) is 4.98 Å². The molecule has 0 aliphatic rings. The molecular formula is C19H18ClFN2O2. The van der Waals surface area contributed by atoms with Crippen LogP contribution in [0.4, 0.5) is 4.39 Å². The van der Waals surface area contributed by atoms with Gasteiger partial charge in [0.1, 0.15) is 17.4 Å². The van der Waals surface area contributed by atoms with Crippen molar-refractivity contribution in [3.63, 3.8) is 0 Å². The lowest BCUT2D eigenvalue weighted by Gasteiger charge is -2.10. The summed E-state index contributed by atoms with van der Waals surface area (Å²) in [6, 6.07) is 9.13. The highest BCUT2D eigenvalue weighted by atomic mass is 35.5. The molecule has 25 heavy (non-hydrogen) atoms. The van der Waals surface area contributed by atoms with E-state index in [1.165, 1.54) is 18.2 Å². The SMILES string of the molecule is CC(C)CC(=O)Cn1c(-c2ccc(F)c(Cl)c2)nc2ccc(O)cc21. The maximum Gasteiger partial charge on any atom is 0.152 e. The highest BCUT2D eigenvalue weighted by Gasteiger charge is 2.17. The van der Waals surface area contributed by atoms with Crippen LogP contribution in [0.1, 0.15) is 20.3 Å². The number of nitrogens with zero attached hydrogens (tertiary/aromatic N) is 2. The number of phenolic OH excluding ortho intramolecular Hbond substituents is 1. The predicted octanol–water partition coefficient (Wildman–Crippen LogP) is 4.82. The van der Waals surface area contributed by atoms with Crippen LogP contribution in [0.5, 0.6) is 5.75 Å². The average molecular weight is 361 g/mol. The van der Waals surface area contributed by atoms with Crippen LogP contribution in [0, 0.1) is 11.7 Å². The van der Waals surface area contributed by atoms with Crippen LogP contribution in [-0.4, -0.2) is 20.4 Å². The summed E-state index contributed by atoms with van der Waals surface area (Å²) in [5.74, 6) is 0.404. The van der Waals surface area contributed by atoms with Gasteiger partial charge in [0.15, 0.2) is 5.78 Å². The Morgan fingerprint density at radius 2 is 2.04 bits per heavy atom. The smallest absolute Gasteiger partial charge is 0.152 e. The van der Waals surface area contributed by atoms with Crippen molar-refractivity contribution in [3.05, 3.63) is 47.2 Å². The summed E-state index contributed by atoms with van der Waals surface area (Å²) in [5, 5.41) is 9.79. The van der Waals surface area contributed by atoms with Gasteiger partial charge in [-0.25, -0.2) is 9.37 Å². The van der Waals surface area contributed by atoms with Gasteiger partial charge in [0.05, 0.1) is 22.6 Å². The lowest BCUT2D eigenvalue weighted by Crippen LogP contribution is -2.13. The zero-order chi connectivity index (χ0) is 18.1. The van der Waals surface area contributed by atoms with E-state index >= 15 is 0 Å². The van der Waals surface area contributed by atoms with Gasteiger partial charge in [0.25, 0.3) is 0 Å². The Balaban J connectivity index is 2.14. The average Bonchev–Trinajstić information content (AvgIpc) is 2.87. The highest BCUT2D eigenvalue weighted by molar-refractivity contribution is 6.31. The topological polar surface area (TPSA) is 55.1 Å². The maximum atomic E-state index is 13.5. The number of imidazole rings is 1. The number of carbonyl (C=O) groups excluding carboxylic acids is 1. The van der Waals surface area contributed by atoms with Gasteiger partial charge in [0.2, 0.25) is 0 Å². The number of carbonyl (C=O) groups is 1. The van der Waals surface area contributed by atoms with Crippen molar-refractivity contribution in [2.75, 3.05) is 0 Å². The van der Waals surface area contributed by atoms with Crippen molar-refractivity contribution in [1.82, 2.24) is 9.55 Å². The molecule has 0 spiro atoms. The van der Waals surface area contributed by atoms with Crippen LogP contribution in [0.15, 0.2) is 36.4 Å². The van der Waals surface area contributed by atoms with Crippen molar-refractivity contribution >= 4 is 28.4 Å². The zero-order valence-corrected chi connectivity index (χ0v) is 14.7. The standard InChI is InChI=1S/C19H18ClFN2O2/c1-11(2)7-14(25)10-23-18-9-13(24)4-6-17(18)22-19(23)12-3-5-16(21)15(20)8-12/h3-6,8-9,11,24H,7,10H2,1-2H3. The number of hydrogen-bond acceptors (Lipinski definition) is 3. The molecule has 0 bridgehead atoms. The fourth-order valence-corrected chi connectivity index (χ4v) is 3.00. The molecule has 2 aromatic carbocycles. The van der Waals surface area contributed by atoms with Crippen LogP contribution in [-0.2, 0) is 11.3 Å². The summed E-state index contributed by atoms with van der Waals surface area (Å²) in [6.07, 6.45) is 0.447. The molecule has 0 radical (unpaired) electrons. The van der Waals surface area contributed by atoms with Gasteiger partial charge in [0, 0.05) is 18.1 Å². The van der Waals surface area contributed by atoms with Gasteiger partial charge in [-0.15, -0.1) is 0 Å². The van der Waals surface area contributed by atoms with E-state index in [0.29, 0.717) is 28.8 Å². The summed E-state index contributed by atoms with van der Waals surface area (Å²) in [4.78, 5) is 16.9. The van der Waals surface area contributed by atoms with Gasteiger partial charge in [-0.1, -0.05) is 25.4 Å². The minimum atomic E-state index is -0.512. The molecule has 6 heteroatoms. The second-order valence-corrected chi connectivity index (χ2v) is 6.87. The molecule has 0 saturated heterocycles.